The van der Waals surface area contributed by atoms with Gasteiger partial charge in [0.25, 0.3) is 0 Å². The number of halogens is 1. The van der Waals surface area contributed by atoms with E-state index in [1.807, 2.05) is 40.7 Å². The van der Waals surface area contributed by atoms with Crippen molar-refractivity contribution < 1.29 is 4.39 Å². The van der Waals surface area contributed by atoms with Crippen molar-refractivity contribution in [2.24, 2.45) is 5.10 Å². The second-order valence-corrected chi connectivity index (χ2v) is 6.40. The maximum atomic E-state index is 14.3. The molecule has 0 N–H and O–H groups in total. The lowest BCUT2D eigenvalue weighted by atomic mass is 10.0. The number of anilines is 1. The Morgan fingerprint density at radius 1 is 0.957 bits per heavy atom. The van der Waals surface area contributed by atoms with Crippen molar-refractivity contribution in [3.8, 4) is 0 Å². The van der Waals surface area contributed by atoms with Gasteiger partial charge in [-0.25, -0.2) is 4.39 Å². The summed E-state index contributed by atoms with van der Waals surface area (Å²) < 4.78 is 14.3. The highest BCUT2D eigenvalue weighted by Gasteiger charge is 2.31. The molecule has 2 heterocycles. The van der Waals surface area contributed by atoms with E-state index in [2.05, 4.69) is 18.2 Å². The van der Waals surface area contributed by atoms with E-state index in [4.69, 9.17) is 5.10 Å². The van der Waals surface area contributed by atoms with Crippen molar-refractivity contribution in [2.45, 2.75) is 12.5 Å². The van der Waals surface area contributed by atoms with E-state index in [9.17, 15) is 4.39 Å². The Labute approximate surface area is 138 Å². The molecule has 0 saturated heterocycles. The average molecular weight is 322 g/mol. The van der Waals surface area contributed by atoms with Gasteiger partial charge in [0, 0.05) is 6.42 Å². The predicted octanol–water partition coefficient (Wildman–Crippen LogP) is 5.24. The Balaban J connectivity index is 1.79. The van der Waals surface area contributed by atoms with E-state index in [0.29, 0.717) is 5.69 Å². The molecule has 0 fully saturated rings. The van der Waals surface area contributed by atoms with E-state index >= 15 is 0 Å². The summed E-state index contributed by atoms with van der Waals surface area (Å²) in [7, 11) is 0. The highest BCUT2D eigenvalue weighted by molar-refractivity contribution is 7.12. The minimum absolute atomic E-state index is 0.0187. The molecule has 4 heteroatoms. The Morgan fingerprint density at radius 3 is 2.48 bits per heavy atom. The maximum Gasteiger partial charge on any atom is 0.148 e. The van der Waals surface area contributed by atoms with E-state index < -0.39 is 0 Å². The molecule has 3 aromatic rings. The zero-order chi connectivity index (χ0) is 15.6. The molecule has 1 atom stereocenters. The van der Waals surface area contributed by atoms with Crippen molar-refractivity contribution in [2.75, 3.05) is 5.01 Å². The lowest BCUT2D eigenvalue weighted by Crippen LogP contribution is -2.19. The fourth-order valence-electron chi connectivity index (χ4n) is 2.90. The van der Waals surface area contributed by atoms with E-state index in [1.165, 1.54) is 6.07 Å². The van der Waals surface area contributed by atoms with Crippen molar-refractivity contribution in [1.82, 2.24) is 0 Å². The Hall–Kier alpha value is -2.46. The molecule has 23 heavy (non-hydrogen) atoms. The number of rotatable bonds is 3. The van der Waals surface area contributed by atoms with Gasteiger partial charge in [0.1, 0.15) is 5.82 Å². The molecule has 1 aliphatic rings. The molecule has 0 aliphatic carbocycles. The van der Waals surface area contributed by atoms with Gasteiger partial charge in [-0.3, -0.25) is 5.01 Å². The summed E-state index contributed by atoms with van der Waals surface area (Å²) in [6, 6.07) is 21.1. The van der Waals surface area contributed by atoms with Crippen LogP contribution in [0.1, 0.15) is 22.9 Å². The molecule has 0 unspecified atom stereocenters. The predicted molar refractivity (Wildman–Crippen MR) is 93.5 cm³/mol. The smallest absolute Gasteiger partial charge is 0.148 e. The van der Waals surface area contributed by atoms with Crippen LogP contribution in [0.4, 0.5) is 10.1 Å². The van der Waals surface area contributed by atoms with Gasteiger partial charge >= 0.3 is 0 Å². The average Bonchev–Trinajstić information content (AvgIpc) is 3.26. The lowest BCUT2D eigenvalue weighted by molar-refractivity contribution is 0.606. The highest BCUT2D eigenvalue weighted by Crippen LogP contribution is 2.38. The van der Waals surface area contributed by atoms with E-state index in [-0.39, 0.29) is 11.9 Å². The van der Waals surface area contributed by atoms with Crippen LogP contribution >= 0.6 is 11.3 Å². The van der Waals surface area contributed by atoms with Gasteiger partial charge in [0.15, 0.2) is 0 Å². The first-order chi connectivity index (χ1) is 11.3. The molecule has 0 bridgehead atoms. The van der Waals surface area contributed by atoms with Crippen LogP contribution in [0.5, 0.6) is 0 Å². The number of para-hydroxylation sites is 1. The number of nitrogens with zero attached hydrogens (tertiary/aromatic N) is 2. The molecule has 0 saturated carbocycles. The van der Waals surface area contributed by atoms with Gasteiger partial charge in [0.05, 0.1) is 22.3 Å². The fourth-order valence-corrected chi connectivity index (χ4v) is 3.62. The van der Waals surface area contributed by atoms with Crippen LogP contribution in [0.3, 0.4) is 0 Å². The quantitative estimate of drug-likeness (QED) is 0.643. The van der Waals surface area contributed by atoms with Crippen molar-refractivity contribution in [3.05, 3.63) is 88.4 Å². The molecule has 4 rings (SSSR count). The van der Waals surface area contributed by atoms with Gasteiger partial charge in [0.2, 0.25) is 0 Å². The lowest BCUT2D eigenvalue weighted by Gasteiger charge is -2.24. The van der Waals surface area contributed by atoms with Crippen molar-refractivity contribution in [1.29, 1.82) is 0 Å². The summed E-state index contributed by atoms with van der Waals surface area (Å²) in [6.07, 6.45) is 0.777. The Morgan fingerprint density at radius 2 is 1.74 bits per heavy atom. The molecule has 1 aliphatic heterocycles. The van der Waals surface area contributed by atoms with Crippen LogP contribution < -0.4 is 5.01 Å². The molecule has 0 amide bonds. The van der Waals surface area contributed by atoms with Crippen LogP contribution in [0.2, 0.25) is 0 Å². The number of benzene rings is 2. The zero-order valence-corrected chi connectivity index (χ0v) is 13.2. The normalized spacial score (nSPS) is 17.3. The van der Waals surface area contributed by atoms with Crippen LogP contribution in [0.15, 0.2) is 77.2 Å². The molecule has 2 nitrogen and oxygen atoms in total. The van der Waals surface area contributed by atoms with Crippen LogP contribution in [0.25, 0.3) is 0 Å². The molecule has 1 aromatic heterocycles. The van der Waals surface area contributed by atoms with Crippen molar-refractivity contribution in [3.63, 3.8) is 0 Å². The van der Waals surface area contributed by atoms with Crippen LogP contribution in [0, 0.1) is 5.82 Å². The first-order valence-electron chi connectivity index (χ1n) is 7.53. The van der Waals surface area contributed by atoms with Gasteiger partial charge < -0.3 is 0 Å². The molecule has 0 radical (unpaired) electrons. The molecular formula is C19H15FN2S. The monoisotopic (exact) mass is 322 g/mol. The summed E-state index contributed by atoms with van der Waals surface area (Å²) >= 11 is 1.67. The van der Waals surface area contributed by atoms with Gasteiger partial charge in [-0.05, 0) is 29.1 Å². The molecule has 0 spiro atoms. The summed E-state index contributed by atoms with van der Waals surface area (Å²) in [6.45, 7) is 0. The minimum Gasteiger partial charge on any atom is -0.254 e. The zero-order valence-electron chi connectivity index (χ0n) is 12.4. The number of hydrazone groups is 1. The third kappa shape index (κ3) is 2.66. The van der Waals surface area contributed by atoms with E-state index in [1.54, 1.807) is 23.5 Å². The molecular weight excluding hydrogens is 307 g/mol. The number of thiophene rings is 1. The largest absolute Gasteiger partial charge is 0.254 e. The first-order valence-corrected chi connectivity index (χ1v) is 8.41. The first kappa shape index (κ1) is 14.2. The maximum absolute atomic E-state index is 14.3. The summed E-state index contributed by atoms with van der Waals surface area (Å²) in [4.78, 5) is 1.14. The highest BCUT2D eigenvalue weighted by atomic mass is 32.1. The van der Waals surface area contributed by atoms with E-state index in [0.717, 1.165) is 22.6 Å². The van der Waals surface area contributed by atoms with Gasteiger partial charge in [-0.1, -0.05) is 48.5 Å². The Kier molecular flexibility index (Phi) is 3.67. The Bertz CT molecular complexity index is 828. The second kappa shape index (κ2) is 5.97. The molecule has 2 aromatic carbocycles. The fraction of sp³-hybridized carbons (Fsp3) is 0.105. The standard InChI is InChI=1S/C19H15FN2S/c20-15-9-4-5-10-17(15)22-18(14-7-2-1-3-8-14)13-16(21-22)19-11-6-12-23-19/h1-12,18H,13H2/t18-/m1/s1. The molecule has 114 valence electrons. The summed E-state index contributed by atoms with van der Waals surface area (Å²) in [5.41, 5.74) is 2.68. The summed E-state index contributed by atoms with van der Waals surface area (Å²) in [5.74, 6) is -0.246. The number of hydrogen-bond donors (Lipinski definition) is 0. The van der Waals surface area contributed by atoms with Crippen LogP contribution in [-0.2, 0) is 0 Å². The van der Waals surface area contributed by atoms with Crippen molar-refractivity contribution >= 4 is 22.7 Å². The topological polar surface area (TPSA) is 15.6 Å². The SMILES string of the molecule is Fc1ccccc1N1N=C(c2cccs2)C[C@@H]1c1ccccc1. The van der Waals surface area contributed by atoms with Crippen LogP contribution in [-0.4, -0.2) is 5.71 Å². The second-order valence-electron chi connectivity index (χ2n) is 5.45. The number of hydrogen-bond acceptors (Lipinski definition) is 3. The summed E-state index contributed by atoms with van der Waals surface area (Å²) in [5, 5.41) is 8.60. The minimum atomic E-state index is -0.246. The third-order valence-corrected chi connectivity index (χ3v) is 4.92. The van der Waals surface area contributed by atoms with Gasteiger partial charge in [-0.2, -0.15) is 5.10 Å². The third-order valence-electron chi connectivity index (χ3n) is 4.00. The van der Waals surface area contributed by atoms with Gasteiger partial charge in [-0.15, -0.1) is 11.3 Å².